The van der Waals surface area contributed by atoms with E-state index in [1.54, 1.807) is 13.3 Å². The van der Waals surface area contributed by atoms with Crippen molar-refractivity contribution < 1.29 is 4.74 Å². The summed E-state index contributed by atoms with van der Waals surface area (Å²) in [5.41, 5.74) is 0. The first kappa shape index (κ1) is 8.26. The van der Waals surface area contributed by atoms with Gasteiger partial charge in [-0.2, -0.15) is 5.10 Å². The van der Waals surface area contributed by atoms with Gasteiger partial charge in [0, 0.05) is 10.8 Å². The second-order valence-electron chi connectivity index (χ2n) is 2.59. The summed E-state index contributed by atoms with van der Waals surface area (Å²) in [6, 6.07) is 5.60. The van der Waals surface area contributed by atoms with Crippen molar-refractivity contribution in [1.29, 1.82) is 0 Å². The normalized spacial score (nSPS) is 10.3. The van der Waals surface area contributed by atoms with Gasteiger partial charge in [0.05, 0.1) is 13.3 Å². The van der Waals surface area contributed by atoms with Crippen LogP contribution in [-0.2, 0) is 0 Å². The first-order valence-corrected chi connectivity index (χ1v) is 4.14. The zero-order valence-corrected chi connectivity index (χ0v) is 7.75. The maximum Gasteiger partial charge on any atom is 0.159 e. The van der Waals surface area contributed by atoms with E-state index in [4.69, 9.17) is 16.3 Å². The molecule has 0 radical (unpaired) electrons. The molecule has 0 saturated carbocycles. The molecule has 0 spiro atoms. The first-order chi connectivity index (χ1) is 6.31. The smallest absolute Gasteiger partial charge is 0.159 e. The molecule has 0 amide bonds. The molecule has 0 N–H and O–H groups in total. The van der Waals surface area contributed by atoms with Gasteiger partial charge in [0.25, 0.3) is 0 Å². The molecular formula is C9H7ClN2O. The number of hydrogen-bond donors (Lipinski definition) is 0. The summed E-state index contributed by atoms with van der Waals surface area (Å²) in [5, 5.41) is 9.70. The second-order valence-corrected chi connectivity index (χ2v) is 2.95. The van der Waals surface area contributed by atoms with Crippen LogP contribution < -0.4 is 4.74 Å². The Labute approximate surface area is 80.3 Å². The number of ether oxygens (including phenoxy) is 1. The van der Waals surface area contributed by atoms with E-state index in [1.807, 2.05) is 18.2 Å². The van der Waals surface area contributed by atoms with Crippen molar-refractivity contribution in [2.24, 2.45) is 0 Å². The fourth-order valence-electron chi connectivity index (χ4n) is 1.15. The zero-order valence-electron chi connectivity index (χ0n) is 6.99. The van der Waals surface area contributed by atoms with Crippen molar-refractivity contribution in [3.05, 3.63) is 29.5 Å². The minimum atomic E-state index is 0.399. The van der Waals surface area contributed by atoms with Crippen LogP contribution in [0.3, 0.4) is 0 Å². The molecule has 0 bridgehead atoms. The van der Waals surface area contributed by atoms with Gasteiger partial charge in [0.15, 0.2) is 5.15 Å². The summed E-state index contributed by atoms with van der Waals surface area (Å²) in [5.74, 6) is 0.766. The summed E-state index contributed by atoms with van der Waals surface area (Å²) < 4.78 is 5.07. The van der Waals surface area contributed by atoms with Gasteiger partial charge in [0.1, 0.15) is 5.75 Å². The van der Waals surface area contributed by atoms with Crippen LogP contribution >= 0.6 is 11.6 Å². The minimum absolute atomic E-state index is 0.399. The fraction of sp³-hybridized carbons (Fsp3) is 0.111. The van der Waals surface area contributed by atoms with E-state index in [-0.39, 0.29) is 0 Å². The Hall–Kier alpha value is -1.35. The van der Waals surface area contributed by atoms with Crippen LogP contribution in [0.4, 0.5) is 0 Å². The number of benzene rings is 1. The summed E-state index contributed by atoms with van der Waals surface area (Å²) in [6.07, 6.45) is 1.67. The SMILES string of the molecule is COc1ccc2cnnc(Cl)c2c1. The molecule has 2 aromatic rings. The lowest BCUT2D eigenvalue weighted by Crippen LogP contribution is -1.86. The monoisotopic (exact) mass is 194 g/mol. The average Bonchev–Trinajstić information content (AvgIpc) is 2.18. The van der Waals surface area contributed by atoms with E-state index in [0.29, 0.717) is 5.15 Å². The fourth-order valence-corrected chi connectivity index (χ4v) is 1.36. The lowest BCUT2D eigenvalue weighted by molar-refractivity contribution is 0.415. The van der Waals surface area contributed by atoms with Crippen LogP contribution in [0, 0.1) is 0 Å². The van der Waals surface area contributed by atoms with Crippen molar-refractivity contribution in [3.8, 4) is 5.75 Å². The van der Waals surface area contributed by atoms with E-state index in [2.05, 4.69) is 10.2 Å². The van der Waals surface area contributed by atoms with Crippen molar-refractivity contribution in [2.75, 3.05) is 7.11 Å². The molecule has 1 aromatic carbocycles. The highest BCUT2D eigenvalue weighted by Gasteiger charge is 2.01. The molecule has 2 rings (SSSR count). The predicted molar refractivity (Wildman–Crippen MR) is 51.1 cm³/mol. The van der Waals surface area contributed by atoms with Gasteiger partial charge >= 0.3 is 0 Å². The highest BCUT2D eigenvalue weighted by molar-refractivity contribution is 6.34. The molecule has 0 unspecified atom stereocenters. The second kappa shape index (κ2) is 3.18. The number of rotatable bonds is 1. The van der Waals surface area contributed by atoms with E-state index in [9.17, 15) is 0 Å². The van der Waals surface area contributed by atoms with Gasteiger partial charge in [-0.15, -0.1) is 5.10 Å². The Bertz CT molecular complexity index is 445. The molecule has 0 atom stereocenters. The number of halogens is 1. The van der Waals surface area contributed by atoms with Gasteiger partial charge in [-0.1, -0.05) is 11.6 Å². The molecule has 13 heavy (non-hydrogen) atoms. The van der Waals surface area contributed by atoms with Crippen LogP contribution in [0.5, 0.6) is 5.75 Å². The average molecular weight is 195 g/mol. The summed E-state index contributed by atoms with van der Waals surface area (Å²) in [7, 11) is 1.61. The molecule has 0 aliphatic heterocycles. The summed E-state index contributed by atoms with van der Waals surface area (Å²) >= 11 is 5.86. The molecule has 66 valence electrons. The highest BCUT2D eigenvalue weighted by atomic mass is 35.5. The molecule has 1 aromatic heterocycles. The third-order valence-electron chi connectivity index (χ3n) is 1.83. The van der Waals surface area contributed by atoms with E-state index < -0.39 is 0 Å². The Balaban J connectivity index is 2.74. The zero-order chi connectivity index (χ0) is 9.26. The predicted octanol–water partition coefficient (Wildman–Crippen LogP) is 2.29. The summed E-state index contributed by atoms with van der Waals surface area (Å²) in [6.45, 7) is 0. The number of aromatic nitrogens is 2. The van der Waals surface area contributed by atoms with Crippen LogP contribution in [0.15, 0.2) is 24.4 Å². The topological polar surface area (TPSA) is 35.0 Å². The van der Waals surface area contributed by atoms with Crippen molar-refractivity contribution in [1.82, 2.24) is 10.2 Å². The minimum Gasteiger partial charge on any atom is -0.497 e. The molecule has 4 heteroatoms. The van der Waals surface area contributed by atoms with E-state index >= 15 is 0 Å². The molecule has 0 aliphatic rings. The van der Waals surface area contributed by atoms with Gasteiger partial charge < -0.3 is 4.74 Å². The van der Waals surface area contributed by atoms with Gasteiger partial charge in [-0.05, 0) is 18.2 Å². The number of fused-ring (bicyclic) bond motifs is 1. The summed E-state index contributed by atoms with van der Waals surface area (Å²) in [4.78, 5) is 0. The van der Waals surface area contributed by atoms with Crippen LogP contribution in [0.1, 0.15) is 0 Å². The molecule has 3 nitrogen and oxygen atoms in total. The molecule has 0 saturated heterocycles. The maximum atomic E-state index is 5.86. The van der Waals surface area contributed by atoms with Crippen LogP contribution in [0.25, 0.3) is 10.8 Å². The first-order valence-electron chi connectivity index (χ1n) is 3.76. The quantitative estimate of drug-likeness (QED) is 0.699. The third kappa shape index (κ3) is 1.42. The Morgan fingerprint density at radius 2 is 2.23 bits per heavy atom. The molecular weight excluding hydrogens is 188 g/mol. The molecule has 0 fully saturated rings. The standard InChI is InChI=1S/C9H7ClN2O/c1-13-7-3-2-6-5-11-12-9(10)8(6)4-7/h2-5H,1H3. The van der Waals surface area contributed by atoms with Gasteiger partial charge in [-0.3, -0.25) is 0 Å². The van der Waals surface area contributed by atoms with Crippen molar-refractivity contribution in [2.45, 2.75) is 0 Å². The van der Waals surface area contributed by atoms with E-state index in [0.717, 1.165) is 16.5 Å². The lowest BCUT2D eigenvalue weighted by atomic mass is 10.2. The van der Waals surface area contributed by atoms with Crippen LogP contribution in [-0.4, -0.2) is 17.3 Å². The van der Waals surface area contributed by atoms with Crippen molar-refractivity contribution in [3.63, 3.8) is 0 Å². The third-order valence-corrected chi connectivity index (χ3v) is 2.10. The number of nitrogens with zero attached hydrogens (tertiary/aromatic N) is 2. The number of methoxy groups -OCH3 is 1. The Morgan fingerprint density at radius 3 is 3.00 bits per heavy atom. The maximum absolute atomic E-state index is 5.86. The molecule has 1 heterocycles. The highest BCUT2D eigenvalue weighted by Crippen LogP contribution is 2.24. The Morgan fingerprint density at radius 1 is 1.38 bits per heavy atom. The lowest BCUT2D eigenvalue weighted by Gasteiger charge is -2.01. The Kier molecular flexibility index (Phi) is 2.02. The number of hydrogen-bond acceptors (Lipinski definition) is 3. The van der Waals surface area contributed by atoms with Gasteiger partial charge in [-0.25, -0.2) is 0 Å². The van der Waals surface area contributed by atoms with Crippen molar-refractivity contribution >= 4 is 22.4 Å². The molecule has 0 aliphatic carbocycles. The van der Waals surface area contributed by atoms with Crippen LogP contribution in [0.2, 0.25) is 5.15 Å². The van der Waals surface area contributed by atoms with Gasteiger partial charge in [0.2, 0.25) is 0 Å². The largest absolute Gasteiger partial charge is 0.497 e. The van der Waals surface area contributed by atoms with E-state index in [1.165, 1.54) is 0 Å².